The van der Waals surface area contributed by atoms with Gasteiger partial charge in [0.15, 0.2) is 0 Å². The molecule has 4 N–H and O–H groups in total. The fourth-order valence-corrected chi connectivity index (χ4v) is 1.75. The summed E-state index contributed by atoms with van der Waals surface area (Å²) in [6.45, 7) is 1.91. The summed E-state index contributed by atoms with van der Waals surface area (Å²) in [5.74, 6) is 0. The maximum absolute atomic E-state index is 6.03. The molecule has 2 rings (SSSR count). The Hall–Kier alpha value is -0.160. The zero-order chi connectivity index (χ0) is 8.60. The molecule has 2 aliphatic rings. The first-order valence-corrected chi connectivity index (χ1v) is 4.44. The SMILES string of the molecule is N[C@@H]1CC[C@@H](C2(N)COC2)OC1. The minimum Gasteiger partial charge on any atom is -0.377 e. The van der Waals surface area contributed by atoms with Crippen LogP contribution in [0.2, 0.25) is 0 Å². The molecule has 0 aliphatic carbocycles. The number of rotatable bonds is 1. The van der Waals surface area contributed by atoms with E-state index >= 15 is 0 Å². The van der Waals surface area contributed by atoms with E-state index in [1.807, 2.05) is 0 Å². The fourth-order valence-electron chi connectivity index (χ4n) is 1.75. The van der Waals surface area contributed by atoms with Crippen molar-refractivity contribution in [1.29, 1.82) is 0 Å². The molecule has 0 aromatic heterocycles. The van der Waals surface area contributed by atoms with Gasteiger partial charge >= 0.3 is 0 Å². The highest BCUT2D eigenvalue weighted by Crippen LogP contribution is 2.27. The van der Waals surface area contributed by atoms with Gasteiger partial charge in [-0.05, 0) is 12.8 Å². The first-order valence-electron chi connectivity index (χ1n) is 4.44. The molecule has 0 bridgehead atoms. The van der Waals surface area contributed by atoms with Crippen molar-refractivity contribution < 1.29 is 9.47 Å². The topological polar surface area (TPSA) is 70.5 Å². The van der Waals surface area contributed by atoms with Crippen LogP contribution in [-0.4, -0.2) is 37.5 Å². The lowest BCUT2D eigenvalue weighted by Crippen LogP contribution is -2.67. The molecule has 0 aromatic rings. The van der Waals surface area contributed by atoms with Crippen LogP contribution in [0.5, 0.6) is 0 Å². The normalized spacial score (nSPS) is 40.5. The van der Waals surface area contributed by atoms with Crippen LogP contribution in [0.25, 0.3) is 0 Å². The predicted molar refractivity (Wildman–Crippen MR) is 44.7 cm³/mol. The first kappa shape index (κ1) is 8.44. The van der Waals surface area contributed by atoms with Gasteiger partial charge in [0.1, 0.15) is 0 Å². The molecule has 2 aliphatic heterocycles. The van der Waals surface area contributed by atoms with Crippen molar-refractivity contribution in [3.63, 3.8) is 0 Å². The quantitative estimate of drug-likeness (QED) is 0.544. The zero-order valence-electron chi connectivity index (χ0n) is 7.16. The summed E-state index contributed by atoms with van der Waals surface area (Å²) < 4.78 is 10.6. The Labute approximate surface area is 72.2 Å². The van der Waals surface area contributed by atoms with Gasteiger partial charge in [0.2, 0.25) is 0 Å². The molecule has 2 atom stereocenters. The lowest BCUT2D eigenvalue weighted by atomic mass is 9.86. The van der Waals surface area contributed by atoms with Crippen LogP contribution in [0.1, 0.15) is 12.8 Å². The minimum atomic E-state index is -0.222. The van der Waals surface area contributed by atoms with Gasteiger partial charge in [0, 0.05) is 6.04 Å². The molecule has 70 valence electrons. The van der Waals surface area contributed by atoms with Crippen LogP contribution in [0.3, 0.4) is 0 Å². The molecule has 0 saturated carbocycles. The second-order valence-corrected chi connectivity index (χ2v) is 3.89. The van der Waals surface area contributed by atoms with Crippen molar-refractivity contribution in [2.75, 3.05) is 19.8 Å². The molecule has 0 radical (unpaired) electrons. The van der Waals surface area contributed by atoms with Gasteiger partial charge in [-0.2, -0.15) is 0 Å². The number of nitrogens with two attached hydrogens (primary N) is 2. The molecule has 0 amide bonds. The lowest BCUT2D eigenvalue weighted by molar-refractivity contribution is -0.146. The Morgan fingerprint density at radius 1 is 1.25 bits per heavy atom. The van der Waals surface area contributed by atoms with E-state index in [-0.39, 0.29) is 17.7 Å². The summed E-state index contributed by atoms with van der Waals surface area (Å²) >= 11 is 0. The molecule has 2 saturated heterocycles. The third kappa shape index (κ3) is 1.35. The molecule has 2 heterocycles. The Bertz CT molecular complexity index is 162. The third-order valence-electron chi connectivity index (χ3n) is 2.69. The number of hydrogen-bond donors (Lipinski definition) is 2. The van der Waals surface area contributed by atoms with E-state index in [9.17, 15) is 0 Å². The summed E-state index contributed by atoms with van der Waals surface area (Å²) in [6, 6.07) is 0.200. The van der Waals surface area contributed by atoms with Crippen molar-refractivity contribution in [1.82, 2.24) is 0 Å². The van der Waals surface area contributed by atoms with Gasteiger partial charge in [0.05, 0.1) is 31.5 Å². The van der Waals surface area contributed by atoms with Gasteiger partial charge in [0.25, 0.3) is 0 Å². The second kappa shape index (κ2) is 2.96. The smallest absolute Gasteiger partial charge is 0.0893 e. The van der Waals surface area contributed by atoms with Crippen LogP contribution < -0.4 is 11.5 Å². The summed E-state index contributed by atoms with van der Waals surface area (Å²) in [5, 5.41) is 0. The van der Waals surface area contributed by atoms with Crippen LogP contribution >= 0.6 is 0 Å². The van der Waals surface area contributed by atoms with Crippen LogP contribution in [0, 0.1) is 0 Å². The van der Waals surface area contributed by atoms with Gasteiger partial charge in [-0.3, -0.25) is 0 Å². The molecule has 0 unspecified atom stereocenters. The van der Waals surface area contributed by atoms with Gasteiger partial charge in [-0.25, -0.2) is 0 Å². The van der Waals surface area contributed by atoms with E-state index < -0.39 is 0 Å². The van der Waals surface area contributed by atoms with E-state index in [0.717, 1.165) is 12.8 Å². The van der Waals surface area contributed by atoms with Gasteiger partial charge < -0.3 is 20.9 Å². The van der Waals surface area contributed by atoms with E-state index in [1.54, 1.807) is 0 Å². The molecule has 12 heavy (non-hydrogen) atoms. The van der Waals surface area contributed by atoms with Crippen molar-refractivity contribution >= 4 is 0 Å². The maximum Gasteiger partial charge on any atom is 0.0893 e. The summed E-state index contributed by atoms with van der Waals surface area (Å²) in [7, 11) is 0. The first-order chi connectivity index (χ1) is 5.71. The summed E-state index contributed by atoms with van der Waals surface area (Å²) in [4.78, 5) is 0. The second-order valence-electron chi connectivity index (χ2n) is 3.89. The highest BCUT2D eigenvalue weighted by molar-refractivity contribution is 4.99. The molecular formula is C8H16N2O2. The molecule has 4 heteroatoms. The average molecular weight is 172 g/mol. The largest absolute Gasteiger partial charge is 0.377 e. The van der Waals surface area contributed by atoms with E-state index in [4.69, 9.17) is 20.9 Å². The third-order valence-corrected chi connectivity index (χ3v) is 2.69. The molecule has 0 aromatic carbocycles. The Morgan fingerprint density at radius 2 is 2.00 bits per heavy atom. The zero-order valence-corrected chi connectivity index (χ0v) is 7.16. The molecule has 2 fully saturated rings. The Balaban J connectivity index is 1.88. The van der Waals surface area contributed by atoms with E-state index in [2.05, 4.69) is 0 Å². The lowest BCUT2D eigenvalue weighted by Gasteiger charge is -2.45. The maximum atomic E-state index is 6.03. The molecular weight excluding hydrogens is 156 g/mol. The van der Waals surface area contributed by atoms with Crippen molar-refractivity contribution in [2.24, 2.45) is 11.5 Å². The van der Waals surface area contributed by atoms with Crippen molar-refractivity contribution in [2.45, 2.75) is 30.5 Å². The van der Waals surface area contributed by atoms with E-state index in [1.165, 1.54) is 0 Å². The predicted octanol–water partition coefficient (Wildman–Crippen LogP) is -0.780. The van der Waals surface area contributed by atoms with E-state index in [0.29, 0.717) is 19.8 Å². The van der Waals surface area contributed by atoms with Gasteiger partial charge in [-0.15, -0.1) is 0 Å². The summed E-state index contributed by atoms with van der Waals surface area (Å²) in [5.41, 5.74) is 11.5. The molecule has 4 nitrogen and oxygen atoms in total. The highest BCUT2D eigenvalue weighted by Gasteiger charge is 2.44. The fraction of sp³-hybridized carbons (Fsp3) is 1.00. The Kier molecular flexibility index (Phi) is 2.08. The van der Waals surface area contributed by atoms with Crippen LogP contribution in [0.15, 0.2) is 0 Å². The average Bonchev–Trinajstić information content (AvgIpc) is 2.02. The van der Waals surface area contributed by atoms with Crippen LogP contribution in [-0.2, 0) is 9.47 Å². The Morgan fingerprint density at radius 3 is 2.42 bits per heavy atom. The van der Waals surface area contributed by atoms with Crippen LogP contribution in [0.4, 0.5) is 0 Å². The number of hydrogen-bond acceptors (Lipinski definition) is 4. The number of ether oxygens (including phenoxy) is 2. The van der Waals surface area contributed by atoms with Gasteiger partial charge in [-0.1, -0.05) is 0 Å². The summed E-state index contributed by atoms with van der Waals surface area (Å²) in [6.07, 6.45) is 2.15. The highest BCUT2D eigenvalue weighted by atomic mass is 16.5. The molecule has 0 spiro atoms. The monoisotopic (exact) mass is 172 g/mol. The minimum absolute atomic E-state index is 0.158. The van der Waals surface area contributed by atoms with Crippen molar-refractivity contribution in [3.8, 4) is 0 Å². The standard InChI is InChI=1S/C8H16N2O2/c9-6-1-2-7(12-3-6)8(10)4-11-5-8/h6-7H,1-5,9-10H2/t6-,7+/m1/s1. The van der Waals surface area contributed by atoms with Crippen molar-refractivity contribution in [3.05, 3.63) is 0 Å².